The molecule has 1 unspecified atom stereocenters. The Labute approximate surface area is 212 Å². The number of amides is 2. The van der Waals surface area contributed by atoms with Crippen LogP contribution in [0.1, 0.15) is 38.7 Å². The molecular weight excluding hydrogens is 493 g/mol. The molecule has 2 rings (SSSR count). The van der Waals surface area contributed by atoms with Gasteiger partial charge < -0.3 is 10.2 Å². The van der Waals surface area contributed by atoms with Crippen LogP contribution in [-0.2, 0) is 26.0 Å². The van der Waals surface area contributed by atoms with Gasteiger partial charge >= 0.3 is 0 Å². The van der Waals surface area contributed by atoms with Gasteiger partial charge in [-0.1, -0.05) is 62.2 Å². The molecule has 0 aliphatic rings. The van der Waals surface area contributed by atoms with E-state index in [2.05, 4.69) is 5.32 Å². The van der Waals surface area contributed by atoms with Crippen LogP contribution in [0.4, 0.5) is 10.1 Å². The summed E-state index contributed by atoms with van der Waals surface area (Å²) in [6, 6.07) is 12.2. The third-order valence-electron chi connectivity index (χ3n) is 5.57. The summed E-state index contributed by atoms with van der Waals surface area (Å²) >= 11 is 5.85. The predicted octanol–water partition coefficient (Wildman–Crippen LogP) is 4.01. The summed E-state index contributed by atoms with van der Waals surface area (Å²) in [6.07, 6.45) is 3.54. The van der Waals surface area contributed by atoms with E-state index in [1.165, 1.54) is 11.0 Å². The van der Waals surface area contributed by atoms with Gasteiger partial charge in [-0.05, 0) is 43.0 Å². The zero-order chi connectivity index (χ0) is 26.0. The SMILES string of the molecule is CCCCNC(=O)C(CC)N(CCc1ccccc1)C(=O)CN(c1ccc(F)c(Cl)c1)S(C)(=O)=O. The fourth-order valence-corrected chi connectivity index (χ4v) is 4.67. The van der Waals surface area contributed by atoms with Crippen molar-refractivity contribution in [3.05, 3.63) is 64.9 Å². The minimum Gasteiger partial charge on any atom is -0.354 e. The van der Waals surface area contributed by atoms with Gasteiger partial charge in [0.15, 0.2) is 0 Å². The van der Waals surface area contributed by atoms with E-state index < -0.39 is 34.3 Å². The van der Waals surface area contributed by atoms with Gasteiger partial charge in [-0.3, -0.25) is 13.9 Å². The third-order valence-corrected chi connectivity index (χ3v) is 7.00. The molecule has 1 atom stereocenters. The van der Waals surface area contributed by atoms with E-state index in [0.29, 0.717) is 19.4 Å². The molecule has 10 heteroatoms. The number of nitrogens with one attached hydrogen (secondary N) is 1. The van der Waals surface area contributed by atoms with E-state index in [1.54, 1.807) is 6.92 Å². The van der Waals surface area contributed by atoms with Crippen molar-refractivity contribution >= 4 is 39.1 Å². The van der Waals surface area contributed by atoms with Crippen molar-refractivity contribution in [1.29, 1.82) is 0 Å². The van der Waals surface area contributed by atoms with Crippen LogP contribution < -0.4 is 9.62 Å². The molecule has 35 heavy (non-hydrogen) atoms. The van der Waals surface area contributed by atoms with Crippen LogP contribution in [0.2, 0.25) is 5.02 Å². The average molecular weight is 526 g/mol. The Morgan fingerprint density at radius 1 is 1.11 bits per heavy atom. The van der Waals surface area contributed by atoms with Gasteiger partial charge in [0.2, 0.25) is 21.8 Å². The lowest BCUT2D eigenvalue weighted by Crippen LogP contribution is -2.53. The maximum absolute atomic E-state index is 13.7. The van der Waals surface area contributed by atoms with Crippen molar-refractivity contribution in [2.24, 2.45) is 0 Å². The van der Waals surface area contributed by atoms with E-state index in [9.17, 15) is 22.4 Å². The lowest BCUT2D eigenvalue weighted by molar-refractivity contribution is -0.139. The molecule has 0 radical (unpaired) electrons. The van der Waals surface area contributed by atoms with Crippen molar-refractivity contribution < 1.29 is 22.4 Å². The lowest BCUT2D eigenvalue weighted by Gasteiger charge is -2.33. The van der Waals surface area contributed by atoms with Gasteiger partial charge in [-0.15, -0.1) is 0 Å². The van der Waals surface area contributed by atoms with Crippen LogP contribution in [0.3, 0.4) is 0 Å². The third kappa shape index (κ3) is 8.50. The van der Waals surface area contributed by atoms with Gasteiger partial charge in [0.05, 0.1) is 17.0 Å². The van der Waals surface area contributed by atoms with E-state index in [1.807, 2.05) is 37.3 Å². The number of halogens is 2. The van der Waals surface area contributed by atoms with Crippen molar-refractivity contribution in [2.45, 2.75) is 45.6 Å². The van der Waals surface area contributed by atoms with Crippen molar-refractivity contribution in [3.63, 3.8) is 0 Å². The quantitative estimate of drug-likeness (QED) is 0.400. The largest absolute Gasteiger partial charge is 0.354 e. The normalized spacial score (nSPS) is 12.1. The first-order valence-electron chi connectivity index (χ1n) is 11.6. The molecule has 2 aromatic carbocycles. The van der Waals surface area contributed by atoms with Gasteiger partial charge in [0, 0.05) is 13.1 Å². The number of unbranched alkanes of at least 4 members (excludes halogenated alkanes) is 1. The Balaban J connectivity index is 2.34. The molecule has 7 nitrogen and oxygen atoms in total. The minimum atomic E-state index is -3.91. The second-order valence-corrected chi connectivity index (χ2v) is 10.6. The van der Waals surface area contributed by atoms with E-state index in [-0.39, 0.29) is 23.2 Å². The Kier molecular flexibility index (Phi) is 11.0. The zero-order valence-electron chi connectivity index (χ0n) is 20.3. The number of anilines is 1. The summed E-state index contributed by atoms with van der Waals surface area (Å²) in [7, 11) is -3.91. The number of carbonyl (C=O) groups excluding carboxylic acids is 2. The standard InChI is InChI=1S/C25H33ClFN3O4S/c1-4-6-15-28-25(32)23(5-2)29(16-14-19-10-8-7-9-11-19)24(31)18-30(35(3,33)34)20-12-13-22(27)21(26)17-20/h7-13,17,23H,4-6,14-16,18H2,1-3H3,(H,28,32). The van der Waals surface area contributed by atoms with Crippen LogP contribution in [0, 0.1) is 5.82 Å². The molecule has 0 bridgehead atoms. The first-order valence-corrected chi connectivity index (χ1v) is 13.8. The minimum absolute atomic E-state index is 0.0655. The summed E-state index contributed by atoms with van der Waals surface area (Å²) in [5, 5.41) is 2.62. The number of benzene rings is 2. The number of hydrogen-bond acceptors (Lipinski definition) is 4. The summed E-state index contributed by atoms with van der Waals surface area (Å²) in [5.41, 5.74) is 1.05. The molecule has 0 aliphatic heterocycles. The van der Waals surface area contributed by atoms with Gasteiger partial charge in [-0.2, -0.15) is 0 Å². The smallest absolute Gasteiger partial charge is 0.244 e. The van der Waals surface area contributed by atoms with Crippen molar-refractivity contribution in [3.8, 4) is 0 Å². The summed E-state index contributed by atoms with van der Waals surface area (Å²) in [5.74, 6) is -1.52. The van der Waals surface area contributed by atoms with Gasteiger partial charge in [-0.25, -0.2) is 12.8 Å². The molecule has 192 valence electrons. The van der Waals surface area contributed by atoms with Crippen LogP contribution in [0.25, 0.3) is 0 Å². The highest BCUT2D eigenvalue weighted by molar-refractivity contribution is 7.92. The molecule has 0 heterocycles. The molecule has 0 saturated heterocycles. The maximum atomic E-state index is 13.7. The maximum Gasteiger partial charge on any atom is 0.244 e. The predicted molar refractivity (Wildman–Crippen MR) is 137 cm³/mol. The van der Waals surface area contributed by atoms with Crippen LogP contribution in [-0.4, -0.2) is 57.1 Å². The van der Waals surface area contributed by atoms with E-state index >= 15 is 0 Å². The van der Waals surface area contributed by atoms with Gasteiger partial charge in [0.1, 0.15) is 18.4 Å². The second-order valence-electron chi connectivity index (χ2n) is 8.26. The Morgan fingerprint density at radius 2 is 1.80 bits per heavy atom. The lowest BCUT2D eigenvalue weighted by atomic mass is 10.1. The highest BCUT2D eigenvalue weighted by atomic mass is 35.5. The molecular formula is C25H33ClFN3O4S. The number of rotatable bonds is 13. The molecule has 2 aromatic rings. The van der Waals surface area contributed by atoms with Crippen LogP contribution >= 0.6 is 11.6 Å². The number of nitrogens with zero attached hydrogens (tertiary/aromatic N) is 2. The molecule has 0 aliphatic carbocycles. The molecule has 0 saturated carbocycles. The fraction of sp³-hybridized carbons (Fsp3) is 0.440. The number of hydrogen-bond donors (Lipinski definition) is 1. The molecule has 0 fully saturated rings. The Hall–Kier alpha value is -2.65. The molecule has 2 amide bonds. The Bertz CT molecular complexity index is 1100. The second kappa shape index (κ2) is 13.4. The highest BCUT2D eigenvalue weighted by Gasteiger charge is 2.31. The molecule has 0 aromatic heterocycles. The average Bonchev–Trinajstić information content (AvgIpc) is 2.82. The number of sulfonamides is 1. The summed E-state index contributed by atoms with van der Waals surface area (Å²) in [4.78, 5) is 27.9. The van der Waals surface area contributed by atoms with Crippen LogP contribution in [0.5, 0.6) is 0 Å². The fourth-order valence-electron chi connectivity index (χ4n) is 3.66. The van der Waals surface area contributed by atoms with E-state index in [4.69, 9.17) is 11.6 Å². The van der Waals surface area contributed by atoms with Gasteiger partial charge in [0.25, 0.3) is 0 Å². The number of carbonyl (C=O) groups is 2. The summed E-state index contributed by atoms with van der Waals surface area (Å²) < 4.78 is 39.6. The van der Waals surface area contributed by atoms with Crippen molar-refractivity contribution in [1.82, 2.24) is 10.2 Å². The van der Waals surface area contributed by atoms with E-state index in [0.717, 1.165) is 41.1 Å². The summed E-state index contributed by atoms with van der Waals surface area (Å²) in [6.45, 7) is 4.00. The molecule has 1 N–H and O–H groups in total. The molecule has 0 spiro atoms. The van der Waals surface area contributed by atoms with Crippen molar-refractivity contribution in [2.75, 3.05) is 30.2 Å². The first-order chi connectivity index (χ1) is 16.6. The topological polar surface area (TPSA) is 86.8 Å². The monoisotopic (exact) mass is 525 g/mol. The van der Waals surface area contributed by atoms with Crippen LogP contribution in [0.15, 0.2) is 48.5 Å². The Morgan fingerprint density at radius 3 is 2.37 bits per heavy atom. The first kappa shape index (κ1) is 28.6. The highest BCUT2D eigenvalue weighted by Crippen LogP contribution is 2.25. The zero-order valence-corrected chi connectivity index (χ0v) is 21.9.